The highest BCUT2D eigenvalue weighted by Crippen LogP contribution is 2.24. The SMILES string of the molecule is CCOc1ccccc1NC(=S)N[C@@H](CC)c1ccc(S(C)(=O)=O)cc1. The van der Waals surface area contributed by atoms with Crippen LogP contribution in [0.3, 0.4) is 0 Å². The highest BCUT2D eigenvalue weighted by Gasteiger charge is 2.13. The van der Waals surface area contributed by atoms with Crippen LogP contribution in [0.4, 0.5) is 5.69 Å². The Labute approximate surface area is 160 Å². The lowest BCUT2D eigenvalue weighted by molar-refractivity contribution is 0.342. The van der Waals surface area contributed by atoms with E-state index in [1.54, 1.807) is 12.1 Å². The lowest BCUT2D eigenvalue weighted by Gasteiger charge is -2.21. The van der Waals surface area contributed by atoms with E-state index in [-0.39, 0.29) is 6.04 Å². The Balaban J connectivity index is 2.09. The van der Waals surface area contributed by atoms with Gasteiger partial charge in [0.05, 0.1) is 23.2 Å². The molecule has 5 nitrogen and oxygen atoms in total. The fourth-order valence-corrected chi connectivity index (χ4v) is 3.42. The Morgan fingerprint density at radius 1 is 1.12 bits per heavy atom. The van der Waals surface area contributed by atoms with Gasteiger partial charge in [-0.25, -0.2) is 8.42 Å². The van der Waals surface area contributed by atoms with Crippen molar-refractivity contribution in [2.24, 2.45) is 0 Å². The molecule has 0 heterocycles. The number of hydrogen-bond donors (Lipinski definition) is 2. The van der Waals surface area contributed by atoms with Gasteiger partial charge in [0.25, 0.3) is 0 Å². The van der Waals surface area contributed by atoms with E-state index < -0.39 is 9.84 Å². The molecule has 2 aromatic carbocycles. The molecule has 1 atom stereocenters. The van der Waals surface area contributed by atoms with Crippen molar-refractivity contribution in [2.45, 2.75) is 31.2 Å². The van der Waals surface area contributed by atoms with Gasteiger partial charge in [-0.3, -0.25) is 0 Å². The monoisotopic (exact) mass is 392 g/mol. The van der Waals surface area contributed by atoms with Crippen molar-refractivity contribution in [1.29, 1.82) is 0 Å². The number of thiocarbonyl (C=S) groups is 1. The summed E-state index contributed by atoms with van der Waals surface area (Å²) in [5.74, 6) is 0.740. The van der Waals surface area contributed by atoms with Gasteiger partial charge in [0.1, 0.15) is 5.75 Å². The van der Waals surface area contributed by atoms with Crippen LogP contribution in [0.1, 0.15) is 31.9 Å². The molecule has 0 aromatic heterocycles. The number of anilines is 1. The molecule has 2 aromatic rings. The zero-order valence-corrected chi connectivity index (χ0v) is 16.8. The van der Waals surface area contributed by atoms with Gasteiger partial charge in [-0.15, -0.1) is 0 Å². The van der Waals surface area contributed by atoms with Crippen LogP contribution >= 0.6 is 12.2 Å². The number of rotatable bonds is 7. The van der Waals surface area contributed by atoms with Crippen molar-refractivity contribution in [3.63, 3.8) is 0 Å². The number of benzene rings is 2. The maximum Gasteiger partial charge on any atom is 0.175 e. The maximum absolute atomic E-state index is 11.6. The van der Waals surface area contributed by atoms with E-state index >= 15 is 0 Å². The quantitative estimate of drug-likeness (QED) is 0.696. The van der Waals surface area contributed by atoms with Gasteiger partial charge < -0.3 is 15.4 Å². The number of hydrogen-bond acceptors (Lipinski definition) is 4. The Morgan fingerprint density at radius 2 is 1.77 bits per heavy atom. The summed E-state index contributed by atoms with van der Waals surface area (Å²) in [4.78, 5) is 0.308. The van der Waals surface area contributed by atoms with Crippen LogP contribution in [0.2, 0.25) is 0 Å². The van der Waals surface area contributed by atoms with Crippen LogP contribution in [0.15, 0.2) is 53.4 Å². The van der Waals surface area contributed by atoms with Crippen LogP contribution in [0.5, 0.6) is 5.75 Å². The zero-order valence-electron chi connectivity index (χ0n) is 15.2. The highest BCUT2D eigenvalue weighted by molar-refractivity contribution is 7.90. The Bertz CT molecular complexity index is 849. The fraction of sp³-hybridized carbons (Fsp3) is 0.316. The van der Waals surface area contributed by atoms with Gasteiger partial charge in [0, 0.05) is 6.26 Å². The summed E-state index contributed by atoms with van der Waals surface area (Å²) in [6.07, 6.45) is 2.00. The molecular formula is C19H24N2O3S2. The van der Waals surface area contributed by atoms with Crippen molar-refractivity contribution >= 4 is 32.9 Å². The molecule has 2 N–H and O–H groups in total. The molecule has 0 fully saturated rings. The second-order valence-corrected chi connectivity index (χ2v) is 8.25. The highest BCUT2D eigenvalue weighted by atomic mass is 32.2. The number of para-hydroxylation sites is 2. The summed E-state index contributed by atoms with van der Waals surface area (Å²) < 4.78 is 28.8. The van der Waals surface area contributed by atoms with E-state index in [2.05, 4.69) is 10.6 Å². The lowest BCUT2D eigenvalue weighted by atomic mass is 10.1. The zero-order chi connectivity index (χ0) is 19.2. The van der Waals surface area contributed by atoms with E-state index in [4.69, 9.17) is 17.0 Å². The van der Waals surface area contributed by atoms with Crippen LogP contribution < -0.4 is 15.4 Å². The standard InChI is InChI=1S/C19H24N2O3S2/c1-4-16(14-10-12-15(13-11-14)26(3,22)23)20-19(25)21-17-8-6-7-9-18(17)24-5-2/h6-13,16H,4-5H2,1-3H3,(H2,20,21,25)/t16-/m0/s1. The van der Waals surface area contributed by atoms with Gasteiger partial charge in [0.15, 0.2) is 14.9 Å². The molecule has 0 bridgehead atoms. The van der Waals surface area contributed by atoms with Crippen molar-refractivity contribution in [3.8, 4) is 5.75 Å². The van der Waals surface area contributed by atoms with Gasteiger partial charge in [-0.05, 0) is 55.4 Å². The third-order valence-corrected chi connectivity index (χ3v) is 5.21. The van der Waals surface area contributed by atoms with Crippen LogP contribution in [-0.2, 0) is 9.84 Å². The summed E-state index contributed by atoms with van der Waals surface area (Å²) >= 11 is 5.43. The van der Waals surface area contributed by atoms with Crippen molar-refractivity contribution in [3.05, 3.63) is 54.1 Å². The molecule has 0 aliphatic rings. The third-order valence-electron chi connectivity index (χ3n) is 3.86. The second-order valence-electron chi connectivity index (χ2n) is 5.83. The first-order valence-electron chi connectivity index (χ1n) is 8.44. The summed E-state index contributed by atoms with van der Waals surface area (Å²) in [7, 11) is -3.20. The predicted octanol–water partition coefficient (Wildman–Crippen LogP) is 3.93. The van der Waals surface area contributed by atoms with Crippen LogP contribution in [0.25, 0.3) is 0 Å². The second kappa shape index (κ2) is 9.00. The molecular weight excluding hydrogens is 368 g/mol. The molecule has 0 spiro atoms. The molecule has 0 aliphatic carbocycles. The summed E-state index contributed by atoms with van der Waals surface area (Å²) in [6, 6.07) is 14.5. The Hall–Kier alpha value is -2.12. The molecule has 2 rings (SSSR count). The van der Waals surface area contributed by atoms with Gasteiger partial charge >= 0.3 is 0 Å². The fourth-order valence-electron chi connectivity index (χ4n) is 2.54. The van der Waals surface area contributed by atoms with Gasteiger partial charge in [-0.1, -0.05) is 31.2 Å². The number of nitrogens with one attached hydrogen (secondary N) is 2. The molecule has 0 aliphatic heterocycles. The van der Waals surface area contributed by atoms with Crippen LogP contribution in [0, 0.1) is 0 Å². The average molecular weight is 393 g/mol. The maximum atomic E-state index is 11.6. The van der Waals surface area contributed by atoms with Crippen molar-refractivity contribution in [2.75, 3.05) is 18.2 Å². The minimum Gasteiger partial charge on any atom is -0.492 e. The predicted molar refractivity (Wildman–Crippen MR) is 110 cm³/mol. The van der Waals surface area contributed by atoms with E-state index in [1.807, 2.05) is 50.2 Å². The average Bonchev–Trinajstić information content (AvgIpc) is 2.61. The van der Waals surface area contributed by atoms with E-state index in [9.17, 15) is 8.42 Å². The molecule has 7 heteroatoms. The molecule has 0 radical (unpaired) electrons. The van der Waals surface area contributed by atoms with Crippen molar-refractivity contribution < 1.29 is 13.2 Å². The summed E-state index contributed by atoms with van der Waals surface area (Å²) in [5, 5.41) is 6.92. The summed E-state index contributed by atoms with van der Waals surface area (Å²) in [6.45, 7) is 4.54. The number of ether oxygens (including phenoxy) is 1. The molecule has 0 saturated carbocycles. The first-order valence-corrected chi connectivity index (χ1v) is 10.7. The first-order chi connectivity index (χ1) is 12.3. The molecule has 0 unspecified atom stereocenters. The minimum absolute atomic E-state index is 0.0251. The summed E-state index contributed by atoms with van der Waals surface area (Å²) in [5.41, 5.74) is 1.77. The normalized spacial score (nSPS) is 12.3. The minimum atomic E-state index is -3.20. The number of sulfone groups is 1. The lowest BCUT2D eigenvalue weighted by Crippen LogP contribution is -2.32. The topological polar surface area (TPSA) is 67.4 Å². The van der Waals surface area contributed by atoms with E-state index in [1.165, 1.54) is 6.26 Å². The Morgan fingerprint density at radius 3 is 2.35 bits per heavy atom. The van der Waals surface area contributed by atoms with Gasteiger partial charge in [-0.2, -0.15) is 0 Å². The van der Waals surface area contributed by atoms with Crippen LogP contribution in [-0.4, -0.2) is 26.4 Å². The molecule has 140 valence electrons. The Kier molecular flexibility index (Phi) is 6.99. The van der Waals surface area contributed by atoms with Gasteiger partial charge in [0.2, 0.25) is 0 Å². The molecule has 0 saturated heterocycles. The third kappa shape index (κ3) is 5.44. The molecule has 0 amide bonds. The smallest absolute Gasteiger partial charge is 0.175 e. The van der Waals surface area contributed by atoms with E-state index in [0.29, 0.717) is 16.6 Å². The van der Waals surface area contributed by atoms with Crippen molar-refractivity contribution in [1.82, 2.24) is 5.32 Å². The first kappa shape index (κ1) is 20.2. The largest absolute Gasteiger partial charge is 0.492 e. The van der Waals surface area contributed by atoms with E-state index in [0.717, 1.165) is 23.4 Å². The molecule has 26 heavy (non-hydrogen) atoms.